The van der Waals surface area contributed by atoms with Crippen LogP contribution in [0.3, 0.4) is 0 Å². The molecule has 1 aromatic heterocycles. The van der Waals surface area contributed by atoms with Gasteiger partial charge in [-0.2, -0.15) is 0 Å². The quantitative estimate of drug-likeness (QED) is 0.433. The van der Waals surface area contributed by atoms with Crippen LogP contribution in [-0.4, -0.2) is 37.6 Å². The van der Waals surface area contributed by atoms with Crippen molar-refractivity contribution in [1.29, 1.82) is 0 Å². The van der Waals surface area contributed by atoms with Gasteiger partial charge >= 0.3 is 0 Å². The molecule has 2 aromatic carbocycles. The summed E-state index contributed by atoms with van der Waals surface area (Å²) in [5.41, 5.74) is 6.45. The highest BCUT2D eigenvalue weighted by molar-refractivity contribution is 6.69. The van der Waals surface area contributed by atoms with Gasteiger partial charge in [-0.15, -0.1) is 0 Å². The van der Waals surface area contributed by atoms with Gasteiger partial charge in [-0.3, -0.25) is 4.79 Å². The van der Waals surface area contributed by atoms with Gasteiger partial charge in [0.2, 0.25) is 0 Å². The monoisotopic (exact) mass is 439 g/mol. The van der Waals surface area contributed by atoms with E-state index in [-0.39, 0.29) is 11.8 Å². The summed E-state index contributed by atoms with van der Waals surface area (Å²) in [6.07, 6.45) is 0.680. The summed E-state index contributed by atoms with van der Waals surface area (Å²) >= 11 is 0. The Morgan fingerprint density at radius 1 is 1.26 bits per heavy atom. The van der Waals surface area contributed by atoms with E-state index in [0.717, 1.165) is 34.8 Å². The van der Waals surface area contributed by atoms with E-state index in [4.69, 9.17) is 0 Å². The van der Waals surface area contributed by atoms with Gasteiger partial charge in [0, 0.05) is 29.7 Å². The molecule has 1 aliphatic rings. The molecule has 5 nitrogen and oxygen atoms in total. The Labute approximate surface area is 183 Å². The first-order valence-electron chi connectivity index (χ1n) is 10.8. The minimum absolute atomic E-state index is 0.217. The van der Waals surface area contributed by atoms with E-state index in [0.29, 0.717) is 24.0 Å². The van der Waals surface area contributed by atoms with Gasteiger partial charge in [-0.25, -0.2) is 4.39 Å². The molecule has 7 heteroatoms. The topological polar surface area (TPSA) is 77.2 Å². The van der Waals surface area contributed by atoms with Gasteiger partial charge in [-0.1, -0.05) is 19.1 Å². The van der Waals surface area contributed by atoms with Gasteiger partial charge in [-0.05, 0) is 79.0 Å². The summed E-state index contributed by atoms with van der Waals surface area (Å²) in [7, 11) is -0.295. The minimum atomic E-state index is -2.22. The number of aromatic nitrogens is 1. The molecule has 0 fully saturated rings. The number of halogens is 1. The van der Waals surface area contributed by atoms with Gasteiger partial charge in [0.25, 0.3) is 5.91 Å². The molecule has 0 saturated carbocycles. The number of H-pyrrole nitrogens is 1. The zero-order valence-electron chi connectivity index (χ0n) is 18.5. The van der Waals surface area contributed by atoms with Crippen molar-refractivity contribution < 1.29 is 14.0 Å². The summed E-state index contributed by atoms with van der Waals surface area (Å²) in [4.78, 5) is 26.4. The molecule has 4 N–H and O–H groups in total. The first-order chi connectivity index (χ1) is 14.7. The normalized spacial score (nSPS) is 15.1. The molecule has 1 atom stereocenters. The Morgan fingerprint density at radius 3 is 2.74 bits per heavy atom. The fourth-order valence-electron chi connectivity index (χ4n) is 4.86. The number of amides is 1. The van der Waals surface area contributed by atoms with E-state index in [1.807, 2.05) is 20.1 Å². The van der Waals surface area contributed by atoms with Crippen LogP contribution in [0.2, 0.25) is 19.1 Å². The molecule has 31 heavy (non-hydrogen) atoms. The molecule has 0 saturated heterocycles. The highest BCUT2D eigenvalue weighted by atomic mass is 28.4. The fraction of sp³-hybridized carbons (Fsp3) is 0.375. The molecule has 1 aliphatic heterocycles. The standard InChI is InChI=1S/C24H30FN3O2Si/c1-14(13-31(3,4)30)19-9-15(5-6-16(19)12-26-2)23-18-7-8-27-24(29)20-10-17(25)11-21(28-23)22(18)20/h5-6,9-11,14,26,28,30H,7-8,12-13H2,1-4H3,(H,27,29). The van der Waals surface area contributed by atoms with Crippen LogP contribution in [0.1, 0.15) is 39.9 Å². The molecular formula is C24H30FN3O2Si. The average molecular weight is 440 g/mol. The number of benzene rings is 2. The van der Waals surface area contributed by atoms with E-state index >= 15 is 0 Å². The van der Waals surface area contributed by atoms with Crippen molar-refractivity contribution in [2.75, 3.05) is 13.6 Å². The van der Waals surface area contributed by atoms with Gasteiger partial charge < -0.3 is 20.4 Å². The van der Waals surface area contributed by atoms with Crippen molar-refractivity contribution in [1.82, 2.24) is 15.6 Å². The van der Waals surface area contributed by atoms with Gasteiger partial charge in [0.1, 0.15) is 5.82 Å². The third-order valence-electron chi connectivity index (χ3n) is 6.01. The molecule has 3 aromatic rings. The van der Waals surface area contributed by atoms with E-state index < -0.39 is 14.1 Å². The van der Waals surface area contributed by atoms with Crippen molar-refractivity contribution in [3.8, 4) is 11.3 Å². The van der Waals surface area contributed by atoms with Gasteiger partial charge in [0.05, 0.1) is 5.56 Å². The van der Waals surface area contributed by atoms with Crippen LogP contribution >= 0.6 is 0 Å². The van der Waals surface area contributed by atoms with Crippen molar-refractivity contribution in [2.24, 2.45) is 0 Å². The highest BCUT2D eigenvalue weighted by Crippen LogP contribution is 2.37. The largest absolute Gasteiger partial charge is 0.432 e. The molecule has 164 valence electrons. The zero-order chi connectivity index (χ0) is 22.3. The number of aromatic amines is 1. The lowest BCUT2D eigenvalue weighted by Crippen LogP contribution is -2.27. The highest BCUT2D eigenvalue weighted by Gasteiger charge is 2.26. The van der Waals surface area contributed by atoms with Crippen molar-refractivity contribution in [3.63, 3.8) is 0 Å². The van der Waals surface area contributed by atoms with Crippen molar-refractivity contribution in [3.05, 3.63) is 58.4 Å². The number of rotatable bonds is 6. The molecule has 0 bridgehead atoms. The molecule has 0 aliphatic carbocycles. The lowest BCUT2D eigenvalue weighted by atomic mass is 9.92. The first-order valence-corrected chi connectivity index (χ1v) is 14.0. The first kappa shape index (κ1) is 21.7. The summed E-state index contributed by atoms with van der Waals surface area (Å²) in [5, 5.41) is 6.92. The van der Waals surface area contributed by atoms with Crippen LogP contribution in [0.15, 0.2) is 30.3 Å². The second-order valence-electron chi connectivity index (χ2n) is 9.22. The lowest BCUT2D eigenvalue weighted by Gasteiger charge is -2.23. The van der Waals surface area contributed by atoms with E-state index in [9.17, 15) is 14.0 Å². The minimum Gasteiger partial charge on any atom is -0.432 e. The predicted octanol–water partition coefficient (Wildman–Crippen LogP) is 4.28. The lowest BCUT2D eigenvalue weighted by molar-refractivity contribution is 0.0957. The smallest absolute Gasteiger partial charge is 0.252 e. The maximum atomic E-state index is 14.2. The SMILES string of the molecule is CNCc1ccc(-c2[nH]c3cc(F)cc4c3c2CCNC4=O)cc1C(C)C[Si](C)(C)O. The number of carbonyl (C=O) groups excluding carboxylic acids is 1. The summed E-state index contributed by atoms with van der Waals surface area (Å²) in [5.74, 6) is -0.440. The zero-order valence-corrected chi connectivity index (χ0v) is 19.5. The summed E-state index contributed by atoms with van der Waals surface area (Å²) < 4.78 is 14.2. The summed E-state index contributed by atoms with van der Waals surface area (Å²) in [6, 6.07) is 9.96. The maximum absolute atomic E-state index is 14.2. The number of hydrogen-bond acceptors (Lipinski definition) is 3. The van der Waals surface area contributed by atoms with E-state index in [1.165, 1.54) is 23.3 Å². The molecular weight excluding hydrogens is 409 g/mol. The molecule has 4 rings (SSSR count). The molecule has 1 amide bonds. The third-order valence-corrected chi connectivity index (χ3v) is 7.62. The molecule has 0 spiro atoms. The third kappa shape index (κ3) is 4.30. The second kappa shape index (κ2) is 8.22. The van der Waals surface area contributed by atoms with Crippen LogP contribution in [-0.2, 0) is 13.0 Å². The number of nitrogens with one attached hydrogen (secondary N) is 3. The van der Waals surface area contributed by atoms with E-state index in [2.05, 4.69) is 40.7 Å². The van der Waals surface area contributed by atoms with Crippen LogP contribution < -0.4 is 10.6 Å². The van der Waals surface area contributed by atoms with E-state index in [1.54, 1.807) is 0 Å². The predicted molar refractivity (Wildman–Crippen MR) is 125 cm³/mol. The van der Waals surface area contributed by atoms with Crippen LogP contribution in [0, 0.1) is 5.82 Å². The second-order valence-corrected chi connectivity index (χ2v) is 13.3. The fourth-order valence-corrected chi connectivity index (χ4v) is 6.58. The average Bonchev–Trinajstić information content (AvgIpc) is 2.95. The summed E-state index contributed by atoms with van der Waals surface area (Å²) in [6.45, 7) is 7.37. The Morgan fingerprint density at radius 2 is 2.03 bits per heavy atom. The molecule has 0 radical (unpaired) electrons. The Kier molecular flexibility index (Phi) is 5.76. The molecule has 2 heterocycles. The Balaban J connectivity index is 1.88. The van der Waals surface area contributed by atoms with Gasteiger partial charge in [0.15, 0.2) is 8.32 Å². The van der Waals surface area contributed by atoms with Crippen molar-refractivity contribution >= 4 is 25.1 Å². The Hall–Kier alpha value is -2.48. The van der Waals surface area contributed by atoms with Crippen molar-refractivity contribution in [2.45, 2.75) is 44.9 Å². The number of carbonyl (C=O) groups is 1. The maximum Gasteiger partial charge on any atom is 0.252 e. The van der Waals surface area contributed by atoms with Crippen LogP contribution in [0.25, 0.3) is 22.2 Å². The number of hydrogen-bond donors (Lipinski definition) is 4. The molecule has 1 unspecified atom stereocenters. The van der Waals surface area contributed by atoms with Crippen LogP contribution in [0.5, 0.6) is 0 Å². The van der Waals surface area contributed by atoms with Crippen LogP contribution in [0.4, 0.5) is 4.39 Å². The Bertz CT molecular complexity index is 1150.